The molecule has 0 spiro atoms. The molecule has 0 radical (unpaired) electrons. The average molecular weight is 489 g/mol. The van der Waals surface area contributed by atoms with Crippen LogP contribution in [0.15, 0.2) is 97.1 Å². The minimum absolute atomic E-state index is 0.125. The van der Waals surface area contributed by atoms with Gasteiger partial charge in [0.15, 0.2) is 0 Å². The Labute approximate surface area is 188 Å². The molecule has 9 heteroatoms. The molecular weight excluding hydrogens is 472 g/mol. The summed E-state index contributed by atoms with van der Waals surface area (Å²) in [5, 5.41) is 0.500. The van der Waals surface area contributed by atoms with Crippen LogP contribution in [0.3, 0.4) is 0 Å². The summed E-state index contributed by atoms with van der Waals surface area (Å²) in [6.07, 6.45) is 0. The normalized spacial score (nSPS) is 12.0. The van der Waals surface area contributed by atoms with E-state index in [4.69, 9.17) is 0 Å². The summed E-state index contributed by atoms with van der Waals surface area (Å²) < 4.78 is 83.3. The second kappa shape index (κ2) is 9.11. The van der Waals surface area contributed by atoms with E-state index in [0.717, 1.165) is 48.5 Å². The van der Waals surface area contributed by atoms with Gasteiger partial charge in [-0.15, -0.1) is 0 Å². The molecule has 0 aromatic heterocycles. The fourth-order valence-corrected chi connectivity index (χ4v) is 9.64. The van der Waals surface area contributed by atoms with E-state index in [9.17, 15) is 26.7 Å². The van der Waals surface area contributed by atoms with Crippen molar-refractivity contribution >= 4 is 35.8 Å². The zero-order valence-corrected chi connectivity index (χ0v) is 18.7. The van der Waals surface area contributed by atoms with Crippen molar-refractivity contribution in [2.45, 2.75) is 0 Å². The molecule has 0 bridgehead atoms. The van der Waals surface area contributed by atoms with Gasteiger partial charge in [-0.25, -0.2) is 22.4 Å². The second-order valence-corrected chi connectivity index (χ2v) is 12.5. The molecule has 0 aliphatic heterocycles. The van der Waals surface area contributed by atoms with E-state index >= 15 is 0 Å². The smallest absolute Gasteiger partial charge is 0.210 e. The lowest BCUT2D eigenvalue weighted by Crippen LogP contribution is -2.33. The van der Waals surface area contributed by atoms with Gasteiger partial charge in [0.2, 0.25) is 14.6 Å². The topological polar surface area (TPSA) is 46.2 Å². The molecule has 0 saturated heterocycles. The Morgan fingerprint density at radius 2 is 0.576 bits per heavy atom. The Morgan fingerprint density at radius 3 is 0.758 bits per heavy atom. The number of nitrogens with one attached hydrogen (secondary N) is 1. The Hall–Kier alpha value is -2.98. The zero-order chi connectivity index (χ0) is 23.6. The predicted molar refractivity (Wildman–Crippen MR) is 122 cm³/mol. The van der Waals surface area contributed by atoms with Crippen molar-refractivity contribution in [2.75, 3.05) is 0 Å². The maximum atomic E-state index is 14.5. The first-order valence-corrected chi connectivity index (χ1v) is 13.2. The van der Waals surface area contributed by atoms with Crippen LogP contribution in [0.5, 0.6) is 0 Å². The monoisotopic (exact) mass is 489 g/mol. The molecule has 168 valence electrons. The van der Waals surface area contributed by atoms with Crippen molar-refractivity contribution in [2.24, 2.45) is 0 Å². The Kier molecular flexibility index (Phi) is 6.40. The third-order valence-electron chi connectivity index (χ3n) is 5.04. The fraction of sp³-hybridized carbons (Fsp3) is 0. The summed E-state index contributed by atoms with van der Waals surface area (Å²) >= 11 is 0. The molecule has 0 saturated carbocycles. The van der Waals surface area contributed by atoms with Crippen LogP contribution in [0.2, 0.25) is 0 Å². The molecular formula is C24H17F4NO2P2. The number of hydrogen-bond acceptors (Lipinski definition) is 2. The van der Waals surface area contributed by atoms with Crippen LogP contribution < -0.4 is 26.1 Å². The lowest BCUT2D eigenvalue weighted by atomic mass is 10.3. The summed E-state index contributed by atoms with van der Waals surface area (Å²) in [4.78, 5) is 2.77. The van der Waals surface area contributed by atoms with E-state index in [-0.39, 0.29) is 21.2 Å². The maximum absolute atomic E-state index is 14.5. The first-order chi connectivity index (χ1) is 15.7. The Morgan fingerprint density at radius 1 is 0.394 bits per heavy atom. The summed E-state index contributed by atoms with van der Waals surface area (Å²) in [5.74, 6) is -2.26. The van der Waals surface area contributed by atoms with E-state index in [2.05, 4.69) is 4.86 Å². The van der Waals surface area contributed by atoms with Gasteiger partial charge in [-0.3, -0.25) is 9.13 Å². The molecule has 4 rings (SSSR count). The van der Waals surface area contributed by atoms with Gasteiger partial charge >= 0.3 is 0 Å². The summed E-state index contributed by atoms with van der Waals surface area (Å²) in [6, 6.07) is 19.1. The van der Waals surface area contributed by atoms with Gasteiger partial charge in [-0.05, 0) is 97.1 Å². The molecule has 0 atom stereocenters. The molecule has 0 fully saturated rings. The van der Waals surface area contributed by atoms with E-state index in [1.54, 1.807) is 0 Å². The highest BCUT2D eigenvalue weighted by atomic mass is 31.2. The summed E-state index contributed by atoms with van der Waals surface area (Å²) in [6.45, 7) is 0. The van der Waals surface area contributed by atoms with Gasteiger partial charge in [0.1, 0.15) is 23.3 Å². The highest BCUT2D eigenvalue weighted by Crippen LogP contribution is 2.52. The van der Waals surface area contributed by atoms with Crippen molar-refractivity contribution in [3.8, 4) is 0 Å². The van der Waals surface area contributed by atoms with E-state index < -0.39 is 37.9 Å². The van der Waals surface area contributed by atoms with Crippen molar-refractivity contribution in [1.29, 1.82) is 0 Å². The Bertz CT molecular complexity index is 1150. The van der Waals surface area contributed by atoms with Crippen LogP contribution in [0, 0.1) is 23.3 Å². The van der Waals surface area contributed by atoms with Crippen LogP contribution in [0.25, 0.3) is 0 Å². The van der Waals surface area contributed by atoms with Crippen LogP contribution in [-0.2, 0) is 9.13 Å². The highest BCUT2D eigenvalue weighted by Gasteiger charge is 2.38. The van der Waals surface area contributed by atoms with Crippen LogP contribution in [0.1, 0.15) is 0 Å². The van der Waals surface area contributed by atoms with Crippen LogP contribution >= 0.6 is 14.6 Å². The molecule has 0 aliphatic carbocycles. The summed E-state index contributed by atoms with van der Waals surface area (Å²) in [5.41, 5.74) is 0. The molecule has 3 nitrogen and oxygen atoms in total. The van der Waals surface area contributed by atoms with Crippen molar-refractivity contribution in [3.63, 3.8) is 0 Å². The number of rotatable bonds is 6. The van der Waals surface area contributed by atoms with Gasteiger partial charge in [0.25, 0.3) is 0 Å². The molecule has 4 aromatic rings. The number of benzene rings is 4. The number of halogens is 4. The molecule has 4 aromatic carbocycles. The van der Waals surface area contributed by atoms with Crippen molar-refractivity contribution in [1.82, 2.24) is 4.86 Å². The van der Waals surface area contributed by atoms with Crippen molar-refractivity contribution in [3.05, 3.63) is 120 Å². The quantitative estimate of drug-likeness (QED) is 0.307. The fourth-order valence-electron chi connectivity index (χ4n) is 3.33. The van der Waals surface area contributed by atoms with Gasteiger partial charge in [0.05, 0.1) is 0 Å². The third-order valence-corrected chi connectivity index (χ3v) is 11.4. The summed E-state index contributed by atoms with van der Waals surface area (Å²) in [7, 11) is -7.95. The lowest BCUT2D eigenvalue weighted by molar-refractivity contribution is 0.574. The van der Waals surface area contributed by atoms with Gasteiger partial charge in [-0.1, -0.05) is 0 Å². The van der Waals surface area contributed by atoms with Gasteiger partial charge in [0, 0.05) is 21.2 Å². The highest BCUT2D eigenvalue weighted by molar-refractivity contribution is 7.91. The predicted octanol–water partition coefficient (Wildman–Crippen LogP) is 4.99. The maximum Gasteiger partial charge on any atom is 0.210 e. The van der Waals surface area contributed by atoms with Crippen LogP contribution in [-0.4, -0.2) is 0 Å². The minimum atomic E-state index is -3.97. The molecule has 0 unspecified atom stereocenters. The van der Waals surface area contributed by atoms with Gasteiger partial charge < -0.3 is 0 Å². The van der Waals surface area contributed by atoms with Crippen LogP contribution in [0.4, 0.5) is 17.6 Å². The molecule has 0 aliphatic rings. The minimum Gasteiger partial charge on any atom is -0.296 e. The largest absolute Gasteiger partial charge is 0.296 e. The second-order valence-electron chi connectivity index (χ2n) is 7.22. The molecule has 33 heavy (non-hydrogen) atoms. The van der Waals surface area contributed by atoms with E-state index in [1.807, 2.05) is 0 Å². The van der Waals surface area contributed by atoms with Crippen molar-refractivity contribution < 1.29 is 26.7 Å². The Balaban J connectivity index is 1.94. The standard InChI is InChI=1S/C24H17F4NO2P2/c25-17-1-9-21(10-2-17)32(30,22-11-3-18(26)4-12-22)29-33(31,23-13-5-19(27)6-14-23)24-15-7-20(28)8-16-24/h1-16H,(H,29,30,31). The molecule has 0 amide bonds. The lowest BCUT2D eigenvalue weighted by Gasteiger charge is -2.28. The average Bonchev–Trinajstić information content (AvgIpc) is 2.80. The first-order valence-electron chi connectivity index (χ1n) is 9.75. The molecule has 0 heterocycles. The zero-order valence-electron chi connectivity index (χ0n) is 17.0. The molecule has 1 N–H and O–H groups in total. The number of hydrogen-bond donors (Lipinski definition) is 1. The van der Waals surface area contributed by atoms with E-state index in [1.165, 1.54) is 48.5 Å². The first kappa shape index (κ1) is 23.2. The SMILES string of the molecule is O=P(NP(=O)(c1ccc(F)cc1)c1ccc(F)cc1)(c1ccc(F)cc1)c1ccc(F)cc1. The van der Waals surface area contributed by atoms with Gasteiger partial charge in [-0.2, -0.15) is 0 Å². The third kappa shape index (κ3) is 4.72. The van der Waals surface area contributed by atoms with E-state index in [0.29, 0.717) is 0 Å².